The third-order valence-corrected chi connectivity index (χ3v) is 10.2. The van der Waals surface area contributed by atoms with Crippen molar-refractivity contribution >= 4 is 105 Å². The lowest BCUT2D eigenvalue weighted by atomic mass is 10.1. The third-order valence-electron chi connectivity index (χ3n) is 7.20. The quantitative estimate of drug-likeness (QED) is 0.0171. The predicted octanol–water partition coefficient (Wildman–Crippen LogP) is 8.01. The largest absolute Gasteiger partial charge is 0.505 e. The number of para-hydroxylation sites is 1. The van der Waals surface area contributed by atoms with Gasteiger partial charge in [-0.2, -0.15) is 16.8 Å². The van der Waals surface area contributed by atoms with Crippen LogP contribution in [0.4, 0.5) is 28.4 Å². The molecule has 6 rings (SSSR count). The molecule has 0 unspecified atom stereocenters. The van der Waals surface area contributed by atoms with E-state index in [1.165, 1.54) is 30.5 Å². The molecule has 0 atom stereocenters. The van der Waals surface area contributed by atoms with Crippen LogP contribution in [0.1, 0.15) is 0 Å². The fourth-order valence-corrected chi connectivity index (χ4v) is 7.09. The van der Waals surface area contributed by atoms with Crippen molar-refractivity contribution in [1.29, 1.82) is 0 Å². The second-order valence-corrected chi connectivity index (χ2v) is 14.6. The monoisotopic (exact) mass is 788 g/mol. The highest BCUT2D eigenvalue weighted by Crippen LogP contribution is 2.46. The molecule has 1 heterocycles. The molecule has 7 N–H and O–H groups in total. The van der Waals surface area contributed by atoms with E-state index in [-0.39, 0.29) is 43.8 Å². The van der Waals surface area contributed by atoms with Gasteiger partial charge in [0.25, 0.3) is 20.2 Å². The Balaban J connectivity index is 1.44. The van der Waals surface area contributed by atoms with Gasteiger partial charge in [0.2, 0.25) is 0 Å². The Hall–Kier alpha value is -4.89. The molecule has 0 aliphatic heterocycles. The van der Waals surface area contributed by atoms with Gasteiger partial charge in [-0.05, 0) is 60.0 Å². The molecule has 0 amide bonds. The van der Waals surface area contributed by atoms with Gasteiger partial charge >= 0.3 is 0 Å². The number of azo groups is 2. The number of hydrogen-bond acceptors (Lipinski definition) is 19. The minimum absolute atomic E-state index is 0.00642. The van der Waals surface area contributed by atoms with Gasteiger partial charge in [0.15, 0.2) is 5.75 Å². The molecule has 1 aromatic heterocycles. The number of anilines is 1. The van der Waals surface area contributed by atoms with E-state index >= 15 is 0 Å². The zero-order valence-corrected chi connectivity index (χ0v) is 28.7. The average Bonchev–Trinajstić information content (AvgIpc) is 3.11. The molecule has 0 saturated carbocycles. The fraction of sp³-hybridized carbons (Fsp3) is 0. The van der Waals surface area contributed by atoms with E-state index in [0.717, 1.165) is 36.3 Å². The molecule has 268 valence electrons. The van der Waals surface area contributed by atoms with E-state index in [1.807, 2.05) is 0 Å². The second-order valence-electron chi connectivity index (χ2n) is 10.3. The summed E-state index contributed by atoms with van der Waals surface area (Å²) in [5, 5.41) is 53.8. The minimum Gasteiger partial charge on any atom is -0.505 e. The number of pyridine rings is 1. The van der Waals surface area contributed by atoms with Crippen LogP contribution in [-0.2, 0) is 39.0 Å². The molecule has 0 aliphatic carbocycles. The van der Waals surface area contributed by atoms with Gasteiger partial charge in [-0.25, -0.2) is 10.5 Å². The normalized spacial score (nSPS) is 12.6. The second kappa shape index (κ2) is 15.0. The number of phenolic OH excluding ortho intramolecular Hbond substituents is 1. The van der Waals surface area contributed by atoms with Crippen molar-refractivity contribution in [3.05, 3.63) is 79.0 Å². The van der Waals surface area contributed by atoms with Gasteiger partial charge in [-0.1, -0.05) is 28.3 Å². The van der Waals surface area contributed by atoms with E-state index in [9.17, 15) is 31.0 Å². The molecule has 19 nitrogen and oxygen atoms in total. The number of nitrogens with two attached hydrogens (primary N) is 1. The summed E-state index contributed by atoms with van der Waals surface area (Å²) >= 11 is 1.10. The van der Waals surface area contributed by atoms with Gasteiger partial charge in [0.1, 0.15) is 16.3 Å². The Kier molecular flexibility index (Phi) is 10.6. The summed E-state index contributed by atoms with van der Waals surface area (Å²) in [6.45, 7) is 0. The van der Waals surface area contributed by atoms with Crippen molar-refractivity contribution in [2.24, 2.45) is 20.5 Å². The number of aromatic hydroxyl groups is 1. The Bertz CT molecular complexity index is 2660. The summed E-state index contributed by atoms with van der Waals surface area (Å²) in [5.41, 5.74) is 6.30. The molecular formula is C29H20N6O13S4. The number of nitrogens with zero attached hydrogens (tertiary/aromatic N) is 5. The number of nitrogen functional groups attached to an aromatic ring is 1. The minimum atomic E-state index is -4.74. The summed E-state index contributed by atoms with van der Waals surface area (Å²) in [7, 11) is -9.42. The van der Waals surface area contributed by atoms with Crippen molar-refractivity contribution < 1.29 is 60.3 Å². The van der Waals surface area contributed by atoms with Gasteiger partial charge in [0.05, 0.1) is 67.5 Å². The van der Waals surface area contributed by atoms with Crippen LogP contribution in [0.15, 0.2) is 119 Å². The molecule has 52 heavy (non-hydrogen) atoms. The van der Waals surface area contributed by atoms with Crippen molar-refractivity contribution in [2.45, 2.75) is 19.6 Å². The topological polar surface area (TPSA) is 295 Å². The molecule has 0 radical (unpaired) electrons. The van der Waals surface area contributed by atoms with E-state index in [1.54, 1.807) is 24.3 Å². The maximum absolute atomic E-state index is 12.1. The highest BCUT2D eigenvalue weighted by atomic mass is 32.2. The zero-order valence-electron chi connectivity index (χ0n) is 25.5. The maximum atomic E-state index is 12.1. The van der Waals surface area contributed by atoms with Gasteiger partial charge < -0.3 is 10.8 Å². The molecule has 0 bridgehead atoms. The molecule has 0 spiro atoms. The highest BCUT2D eigenvalue weighted by Gasteiger charge is 2.21. The Labute approximate surface area is 300 Å². The van der Waals surface area contributed by atoms with Crippen LogP contribution >= 0.6 is 24.1 Å². The first kappa shape index (κ1) is 36.9. The zero-order chi connectivity index (χ0) is 37.2. The van der Waals surface area contributed by atoms with Crippen molar-refractivity contribution in [3.8, 4) is 5.75 Å². The fourth-order valence-electron chi connectivity index (χ4n) is 4.97. The van der Waals surface area contributed by atoms with E-state index < -0.39 is 35.8 Å². The van der Waals surface area contributed by atoms with Gasteiger partial charge in [-0.3, -0.25) is 14.1 Å². The average molecular weight is 789 g/mol. The Morgan fingerprint density at radius 2 is 1.38 bits per heavy atom. The van der Waals surface area contributed by atoms with Crippen LogP contribution in [0.2, 0.25) is 0 Å². The smallest absolute Gasteiger partial charge is 0.296 e. The highest BCUT2D eigenvalue weighted by molar-refractivity contribution is 7.95. The third kappa shape index (κ3) is 7.80. The predicted molar refractivity (Wildman–Crippen MR) is 185 cm³/mol. The number of aromatic nitrogens is 1. The van der Waals surface area contributed by atoms with Crippen molar-refractivity contribution in [1.82, 2.24) is 4.98 Å². The molecule has 6 aromatic rings. The number of benzene rings is 5. The van der Waals surface area contributed by atoms with Crippen molar-refractivity contribution in [3.63, 3.8) is 0 Å². The van der Waals surface area contributed by atoms with Gasteiger partial charge in [-0.15, -0.1) is 29.1 Å². The number of rotatable bonds is 12. The number of phenols is 1. The summed E-state index contributed by atoms with van der Waals surface area (Å²) in [6.07, 6.45) is 1.44. The molecule has 23 heteroatoms. The SMILES string of the molecule is Nc1cc2c(O)c(N=Nc3ccc(N=Nc4cnc5c(SOOO)cccc5c4)c4ccc(S(=O)(=O)O)cc34)c(SOOO)cc2cc1S(=O)(=O)O. The molecule has 0 aliphatic rings. The number of hydrogen-bond donors (Lipinski definition) is 6. The van der Waals surface area contributed by atoms with Crippen LogP contribution in [0.5, 0.6) is 5.75 Å². The van der Waals surface area contributed by atoms with Crippen LogP contribution in [0.25, 0.3) is 32.4 Å². The molecular weight excluding hydrogens is 769 g/mol. The first-order valence-corrected chi connectivity index (χ1v) is 18.3. The summed E-state index contributed by atoms with van der Waals surface area (Å²) in [5.74, 6) is -0.573. The first-order chi connectivity index (χ1) is 24.8. The summed E-state index contributed by atoms with van der Waals surface area (Å²) in [4.78, 5) is 3.75. The van der Waals surface area contributed by atoms with Crippen molar-refractivity contribution in [2.75, 3.05) is 5.73 Å². The number of fused-ring (bicyclic) bond motifs is 3. The van der Waals surface area contributed by atoms with Crippen LogP contribution in [0.3, 0.4) is 0 Å². The van der Waals surface area contributed by atoms with Crippen LogP contribution in [-0.4, -0.2) is 46.5 Å². The van der Waals surface area contributed by atoms with Crippen LogP contribution in [0, 0.1) is 0 Å². The van der Waals surface area contributed by atoms with E-state index in [2.05, 4.69) is 44.2 Å². The lowest BCUT2D eigenvalue weighted by Gasteiger charge is -2.11. The van der Waals surface area contributed by atoms with Gasteiger partial charge in [0, 0.05) is 21.5 Å². The Morgan fingerprint density at radius 3 is 2.08 bits per heavy atom. The van der Waals surface area contributed by atoms with E-state index in [0.29, 0.717) is 38.9 Å². The molecule has 5 aromatic carbocycles. The standard InChI is InChI=1S/C29H20N6O13S4/c30-21-12-19-15(10-26(21)52(42,43)44)9-25(50-48-46-38)28(29(19)36)35-34-23-7-6-22(18-5-4-17(11-20(18)23)51(39,40)41)33-32-16-8-14-2-1-3-24(49-47-45-37)27(14)31-13-16/h1-13,36-38H,30H2,(H,39,40,41)(H,42,43,44). The summed E-state index contributed by atoms with van der Waals surface area (Å²) < 4.78 is 76.0. The van der Waals surface area contributed by atoms with E-state index in [4.69, 9.17) is 16.2 Å². The first-order valence-electron chi connectivity index (χ1n) is 13.9. The Morgan fingerprint density at radius 1 is 0.692 bits per heavy atom. The summed E-state index contributed by atoms with van der Waals surface area (Å²) in [6, 6.07) is 16.8. The lowest BCUT2D eigenvalue weighted by Crippen LogP contribution is -2.03. The van der Waals surface area contributed by atoms with Crippen LogP contribution < -0.4 is 5.73 Å². The molecule has 0 fully saturated rings. The molecule has 0 saturated heterocycles. The maximum Gasteiger partial charge on any atom is 0.296 e. The lowest BCUT2D eigenvalue weighted by molar-refractivity contribution is -0.432.